The lowest BCUT2D eigenvalue weighted by atomic mass is 9.96. The zero-order valence-corrected chi connectivity index (χ0v) is 19.3. The highest BCUT2D eigenvalue weighted by atomic mass is 16.3. The predicted octanol–water partition coefficient (Wildman–Crippen LogP) is 1.77. The Morgan fingerprint density at radius 2 is 1.91 bits per heavy atom. The molecule has 2 aromatic carbocycles. The fourth-order valence-electron chi connectivity index (χ4n) is 4.79. The number of fused-ring (bicyclic) bond motifs is 2. The topological polar surface area (TPSA) is 90.7 Å². The molecule has 5 rings (SSSR count). The maximum Gasteiger partial charge on any atom is 0.258 e. The van der Waals surface area contributed by atoms with Crippen LogP contribution < -0.4 is 10.2 Å². The second-order valence-electron chi connectivity index (χ2n) is 9.07. The number of hydrogen-bond donors (Lipinski definition) is 2. The number of hydrogen-bond acceptors (Lipinski definition) is 5. The summed E-state index contributed by atoms with van der Waals surface area (Å²) in [5.41, 5.74) is 5.30. The molecule has 34 heavy (non-hydrogen) atoms. The molecule has 0 fully saturated rings. The fourth-order valence-corrected chi connectivity index (χ4v) is 4.79. The maximum atomic E-state index is 13.1. The standard InChI is InChI=1S/C26H29N5O3/c1-29-16-22(13-28-29)31-11-9-19-6-7-20(12-24(19)26(31)34)25(33)27-14-23(32)17-30-10-8-18-4-2-3-5-21(18)15-30/h2-7,12-13,16,23,32H,8-11,14-15,17H2,1H3,(H,27,33)/t23-/m0/s1. The molecule has 3 aromatic rings. The normalized spacial score (nSPS) is 16.6. The van der Waals surface area contributed by atoms with Crippen molar-refractivity contribution < 1.29 is 14.7 Å². The minimum atomic E-state index is -0.672. The van der Waals surface area contributed by atoms with Crippen molar-refractivity contribution in [2.75, 3.05) is 31.1 Å². The molecular weight excluding hydrogens is 430 g/mol. The van der Waals surface area contributed by atoms with E-state index in [1.807, 2.05) is 25.4 Å². The smallest absolute Gasteiger partial charge is 0.258 e. The van der Waals surface area contributed by atoms with Gasteiger partial charge in [0.15, 0.2) is 0 Å². The van der Waals surface area contributed by atoms with Crippen LogP contribution in [0, 0.1) is 0 Å². The van der Waals surface area contributed by atoms with E-state index in [9.17, 15) is 14.7 Å². The van der Waals surface area contributed by atoms with Crippen LogP contribution in [0.5, 0.6) is 0 Å². The number of aromatic nitrogens is 2. The van der Waals surface area contributed by atoms with E-state index in [1.165, 1.54) is 11.1 Å². The number of aryl methyl sites for hydroxylation is 1. The average molecular weight is 460 g/mol. The number of rotatable bonds is 6. The number of aliphatic hydroxyl groups is 1. The second kappa shape index (κ2) is 9.40. The van der Waals surface area contributed by atoms with Crippen LogP contribution >= 0.6 is 0 Å². The van der Waals surface area contributed by atoms with Crippen molar-refractivity contribution in [3.63, 3.8) is 0 Å². The summed E-state index contributed by atoms with van der Waals surface area (Å²) < 4.78 is 1.66. The molecule has 176 valence electrons. The number of anilines is 1. The molecule has 2 N–H and O–H groups in total. The SMILES string of the molecule is Cn1cc(N2CCc3ccc(C(=O)NC[C@H](O)CN4CCc5ccccc5C4)cc3C2=O)cn1. The first-order valence-corrected chi connectivity index (χ1v) is 11.7. The van der Waals surface area contributed by atoms with Crippen LogP contribution in [0.2, 0.25) is 0 Å². The fraction of sp³-hybridized carbons (Fsp3) is 0.346. The molecule has 0 saturated carbocycles. The highest BCUT2D eigenvalue weighted by Gasteiger charge is 2.27. The lowest BCUT2D eigenvalue weighted by Gasteiger charge is -2.30. The van der Waals surface area contributed by atoms with Crippen LogP contribution in [-0.2, 0) is 26.4 Å². The van der Waals surface area contributed by atoms with Gasteiger partial charge in [-0.2, -0.15) is 5.10 Å². The molecule has 8 nitrogen and oxygen atoms in total. The summed E-state index contributed by atoms with van der Waals surface area (Å²) >= 11 is 0. The highest BCUT2D eigenvalue weighted by molar-refractivity contribution is 6.09. The van der Waals surface area contributed by atoms with E-state index < -0.39 is 6.10 Å². The molecule has 0 bridgehead atoms. The van der Waals surface area contributed by atoms with Crippen molar-refractivity contribution in [3.05, 3.63) is 82.7 Å². The molecule has 1 atom stereocenters. The molecule has 2 aliphatic rings. The third kappa shape index (κ3) is 4.60. The van der Waals surface area contributed by atoms with Crippen LogP contribution in [0.15, 0.2) is 54.9 Å². The molecule has 2 aliphatic heterocycles. The van der Waals surface area contributed by atoms with E-state index in [0.29, 0.717) is 24.2 Å². The van der Waals surface area contributed by atoms with Gasteiger partial charge >= 0.3 is 0 Å². The number of nitrogens with zero attached hydrogens (tertiary/aromatic N) is 4. The number of β-amino-alcohol motifs (C(OH)–C–C–N with tert-alkyl or cyclic N) is 1. The third-order valence-electron chi connectivity index (χ3n) is 6.63. The van der Waals surface area contributed by atoms with E-state index >= 15 is 0 Å². The molecule has 1 aromatic heterocycles. The summed E-state index contributed by atoms with van der Waals surface area (Å²) in [5, 5.41) is 17.5. The summed E-state index contributed by atoms with van der Waals surface area (Å²) in [6, 6.07) is 13.6. The third-order valence-corrected chi connectivity index (χ3v) is 6.63. The number of carbonyl (C=O) groups is 2. The summed E-state index contributed by atoms with van der Waals surface area (Å²) in [6.45, 7) is 2.93. The molecule has 8 heteroatoms. The number of benzene rings is 2. The van der Waals surface area contributed by atoms with Gasteiger partial charge in [0.1, 0.15) is 0 Å². The van der Waals surface area contributed by atoms with E-state index in [-0.39, 0.29) is 18.4 Å². The lowest BCUT2D eigenvalue weighted by molar-refractivity contribution is 0.0842. The monoisotopic (exact) mass is 459 g/mol. The molecular formula is C26H29N5O3. The zero-order chi connectivity index (χ0) is 23.7. The first kappa shape index (κ1) is 22.3. The van der Waals surface area contributed by atoms with Gasteiger partial charge in [-0.15, -0.1) is 0 Å². The van der Waals surface area contributed by atoms with Crippen molar-refractivity contribution in [2.45, 2.75) is 25.5 Å². The number of carbonyl (C=O) groups excluding carboxylic acids is 2. The van der Waals surface area contributed by atoms with Gasteiger partial charge in [-0.05, 0) is 41.7 Å². The molecule has 3 heterocycles. The number of amides is 2. The minimum absolute atomic E-state index is 0.130. The first-order chi connectivity index (χ1) is 16.5. The Morgan fingerprint density at radius 3 is 2.71 bits per heavy atom. The summed E-state index contributed by atoms with van der Waals surface area (Å²) in [5.74, 6) is -0.425. The quantitative estimate of drug-likeness (QED) is 0.586. The van der Waals surface area contributed by atoms with E-state index in [0.717, 1.165) is 37.2 Å². The predicted molar refractivity (Wildman–Crippen MR) is 129 cm³/mol. The number of aliphatic hydroxyl groups excluding tert-OH is 1. The van der Waals surface area contributed by atoms with E-state index in [2.05, 4.69) is 33.5 Å². The van der Waals surface area contributed by atoms with E-state index in [4.69, 9.17) is 0 Å². The van der Waals surface area contributed by atoms with Gasteiger partial charge in [-0.3, -0.25) is 19.2 Å². The molecule has 0 aliphatic carbocycles. The summed E-state index contributed by atoms with van der Waals surface area (Å²) in [7, 11) is 1.81. The Balaban J connectivity index is 1.19. The van der Waals surface area contributed by atoms with Crippen LogP contribution in [0.3, 0.4) is 0 Å². The van der Waals surface area contributed by atoms with Gasteiger partial charge in [-0.1, -0.05) is 30.3 Å². The molecule has 0 spiro atoms. The van der Waals surface area contributed by atoms with Gasteiger partial charge in [0.25, 0.3) is 11.8 Å². The first-order valence-electron chi connectivity index (χ1n) is 11.7. The minimum Gasteiger partial charge on any atom is -0.390 e. The zero-order valence-electron chi connectivity index (χ0n) is 19.3. The van der Waals surface area contributed by atoms with Crippen molar-refractivity contribution >= 4 is 17.5 Å². The van der Waals surface area contributed by atoms with Crippen molar-refractivity contribution in [1.29, 1.82) is 0 Å². The Hall–Kier alpha value is -3.49. The summed E-state index contributed by atoms with van der Waals surface area (Å²) in [4.78, 5) is 29.8. The average Bonchev–Trinajstić information content (AvgIpc) is 3.28. The molecule has 0 radical (unpaired) electrons. The van der Waals surface area contributed by atoms with Crippen LogP contribution in [0.25, 0.3) is 0 Å². The van der Waals surface area contributed by atoms with Crippen LogP contribution in [0.1, 0.15) is 37.4 Å². The molecule has 0 unspecified atom stereocenters. The van der Waals surface area contributed by atoms with Gasteiger partial charge in [0.05, 0.1) is 18.0 Å². The van der Waals surface area contributed by atoms with Gasteiger partial charge in [0.2, 0.25) is 0 Å². The van der Waals surface area contributed by atoms with Crippen molar-refractivity contribution in [2.24, 2.45) is 7.05 Å². The number of nitrogens with one attached hydrogen (secondary N) is 1. The Morgan fingerprint density at radius 1 is 1.12 bits per heavy atom. The van der Waals surface area contributed by atoms with E-state index in [1.54, 1.807) is 27.9 Å². The molecule has 0 saturated heterocycles. The van der Waals surface area contributed by atoms with Crippen molar-refractivity contribution in [1.82, 2.24) is 20.0 Å². The maximum absolute atomic E-state index is 13.1. The Labute approximate surface area is 198 Å². The van der Waals surface area contributed by atoms with Crippen LogP contribution in [-0.4, -0.2) is 63.9 Å². The van der Waals surface area contributed by atoms with Gasteiger partial charge in [-0.25, -0.2) is 0 Å². The Kier molecular flexibility index (Phi) is 6.17. The largest absolute Gasteiger partial charge is 0.390 e. The summed E-state index contributed by atoms with van der Waals surface area (Å²) in [6.07, 6.45) is 4.49. The van der Waals surface area contributed by atoms with Gasteiger partial charge in [0, 0.05) is 57.1 Å². The molecule has 2 amide bonds. The highest BCUT2D eigenvalue weighted by Crippen LogP contribution is 2.25. The second-order valence-corrected chi connectivity index (χ2v) is 9.07. The Bertz CT molecular complexity index is 1220. The van der Waals surface area contributed by atoms with Crippen LogP contribution in [0.4, 0.5) is 5.69 Å². The van der Waals surface area contributed by atoms with Gasteiger partial charge < -0.3 is 15.3 Å². The van der Waals surface area contributed by atoms with Crippen molar-refractivity contribution in [3.8, 4) is 0 Å². The lowest BCUT2D eigenvalue weighted by Crippen LogP contribution is -2.42.